The molecule has 1 rings (SSSR count). The van der Waals surface area contributed by atoms with E-state index in [1.165, 1.54) is 0 Å². The summed E-state index contributed by atoms with van der Waals surface area (Å²) >= 11 is 0. The molecule has 14 N–H and O–H groups in total. The molecular weight excluding hydrogens is 405 g/mol. The van der Waals surface area contributed by atoms with Crippen LogP contribution in [0.15, 0.2) is 0 Å². The quantitative estimate of drug-likeness (QED) is 0.245. The predicted octanol–water partition coefficient (Wildman–Crippen LogP) is -14.5. The standard InChI is InChI=1S/C6H13O9P.2K.5H2O/c7-1-2-3(8)4(9)5(10)6(14-2)15-16(11,12)13;;;;;;;/h2-10H,1H2,(H2,11,12,13);;;5*1H2/q;2*+1;;;;;/p-2/t2-,3+,4+,5-,6-;;;;;;;/m1......./s1. The van der Waals surface area contributed by atoms with Crippen molar-refractivity contribution in [1.82, 2.24) is 0 Å². The summed E-state index contributed by atoms with van der Waals surface area (Å²) in [5.41, 5.74) is 0. The molecule has 0 spiro atoms. The molecule has 0 aliphatic carbocycles. The van der Waals surface area contributed by atoms with Crippen LogP contribution < -0.4 is 113 Å². The second-order valence-corrected chi connectivity index (χ2v) is 4.36. The molecule has 1 fully saturated rings. The van der Waals surface area contributed by atoms with Gasteiger partial charge in [-0.2, -0.15) is 0 Å². The molecule has 0 amide bonds. The van der Waals surface area contributed by atoms with Gasteiger partial charge in [0.25, 0.3) is 0 Å². The van der Waals surface area contributed by atoms with Gasteiger partial charge >= 0.3 is 103 Å². The number of hydrogen-bond acceptors (Lipinski definition) is 9. The fourth-order valence-corrected chi connectivity index (χ4v) is 1.71. The van der Waals surface area contributed by atoms with Gasteiger partial charge < -0.3 is 71.4 Å². The van der Waals surface area contributed by atoms with Gasteiger partial charge in [0, 0.05) is 0 Å². The van der Waals surface area contributed by atoms with Gasteiger partial charge in [-0.05, 0) is 0 Å². The van der Waals surface area contributed by atoms with E-state index < -0.39 is 45.1 Å². The zero-order valence-corrected chi connectivity index (χ0v) is 19.5. The van der Waals surface area contributed by atoms with Crippen LogP contribution in [0.3, 0.4) is 0 Å². The number of phosphoric acid groups is 1. The molecule has 0 bridgehead atoms. The van der Waals surface area contributed by atoms with Gasteiger partial charge in [0.2, 0.25) is 0 Å². The second-order valence-electron chi connectivity index (χ2n) is 3.25. The maximum Gasteiger partial charge on any atom is 1.00 e. The molecule has 1 aliphatic rings. The van der Waals surface area contributed by atoms with E-state index in [0.717, 1.165) is 0 Å². The Hall–Kier alpha value is 2.98. The largest absolute Gasteiger partial charge is 1.00 e. The molecule has 0 aromatic rings. The van der Waals surface area contributed by atoms with Crippen molar-refractivity contribution in [3.8, 4) is 0 Å². The van der Waals surface area contributed by atoms with Gasteiger partial charge in [-0.1, -0.05) is 0 Å². The molecule has 0 radical (unpaired) electrons. The van der Waals surface area contributed by atoms with Gasteiger partial charge in [0.05, 0.1) is 14.4 Å². The van der Waals surface area contributed by atoms with Crippen LogP contribution in [0, 0.1) is 0 Å². The fourth-order valence-electron chi connectivity index (χ4n) is 1.28. The maximum absolute atomic E-state index is 10.3. The fraction of sp³-hybridized carbons (Fsp3) is 1.00. The summed E-state index contributed by atoms with van der Waals surface area (Å²) in [6, 6.07) is 0. The van der Waals surface area contributed by atoms with Crippen LogP contribution in [-0.4, -0.2) is 85.1 Å². The number of ether oxygens (including phenoxy) is 1. The second kappa shape index (κ2) is 19.7. The van der Waals surface area contributed by atoms with Crippen molar-refractivity contribution in [3.63, 3.8) is 0 Å². The Morgan fingerprint density at radius 3 is 1.61 bits per heavy atom. The molecule has 14 nitrogen and oxygen atoms in total. The summed E-state index contributed by atoms with van der Waals surface area (Å²) < 4.78 is 18.7. The molecule has 1 heterocycles. The van der Waals surface area contributed by atoms with E-state index in [0.29, 0.717) is 0 Å². The summed E-state index contributed by atoms with van der Waals surface area (Å²) in [4.78, 5) is 20.6. The topological polar surface area (TPSA) is 320 Å². The van der Waals surface area contributed by atoms with Gasteiger partial charge in [-0.15, -0.1) is 0 Å². The molecule has 0 aromatic carbocycles. The van der Waals surface area contributed by atoms with E-state index in [1.54, 1.807) is 0 Å². The van der Waals surface area contributed by atoms with Crippen LogP contribution >= 0.6 is 7.82 Å². The first-order chi connectivity index (χ1) is 7.26. The maximum atomic E-state index is 10.3. The van der Waals surface area contributed by atoms with E-state index in [1.807, 2.05) is 0 Å². The Kier molecular flexibility index (Phi) is 38.6. The Labute approximate surface area is 215 Å². The van der Waals surface area contributed by atoms with Crippen molar-refractivity contribution in [1.29, 1.82) is 0 Å². The minimum absolute atomic E-state index is 0. The third kappa shape index (κ3) is 14.7. The van der Waals surface area contributed by atoms with Crippen molar-refractivity contribution < 1.29 is 174 Å². The van der Waals surface area contributed by atoms with E-state index >= 15 is 0 Å². The summed E-state index contributed by atoms with van der Waals surface area (Å²) in [6.45, 7) is -0.743. The summed E-state index contributed by atoms with van der Waals surface area (Å²) in [7, 11) is -5.41. The molecule has 5 atom stereocenters. The molecular formula is C6H21K2O14P. The van der Waals surface area contributed by atoms with Gasteiger partial charge in [0.1, 0.15) is 24.4 Å². The Morgan fingerprint density at radius 1 is 0.913 bits per heavy atom. The first-order valence-corrected chi connectivity index (χ1v) is 5.73. The average Bonchev–Trinajstić information content (AvgIpc) is 2.17. The van der Waals surface area contributed by atoms with Crippen LogP contribution in [0.2, 0.25) is 0 Å². The summed E-state index contributed by atoms with van der Waals surface area (Å²) in [5, 5.41) is 36.5. The SMILES string of the molecule is O.O.O.O.O.O=P([O-])([O-])O[C@H]1O[C@H](CO)[C@H](O)[C@H](O)[C@H]1O.[K+].[K+]. The zero-order chi connectivity index (χ0) is 12.5. The van der Waals surface area contributed by atoms with Crippen LogP contribution in [0.1, 0.15) is 0 Å². The predicted molar refractivity (Wildman–Crippen MR) is 60.5 cm³/mol. The summed E-state index contributed by atoms with van der Waals surface area (Å²) in [6.07, 6.45) is -8.61. The third-order valence-corrected chi connectivity index (χ3v) is 2.55. The normalized spacial score (nSPS) is 28.5. The molecule has 17 heteroatoms. The van der Waals surface area contributed by atoms with Crippen LogP contribution in [0.25, 0.3) is 0 Å². The third-order valence-electron chi connectivity index (χ3n) is 2.08. The molecule has 1 saturated heterocycles. The summed E-state index contributed by atoms with van der Waals surface area (Å²) in [5.74, 6) is 0. The number of aliphatic hydroxyl groups excluding tert-OH is 4. The van der Waals surface area contributed by atoms with Gasteiger partial charge in [0.15, 0.2) is 6.29 Å². The van der Waals surface area contributed by atoms with Crippen molar-refractivity contribution >= 4 is 7.82 Å². The minimum Gasteiger partial charge on any atom is -0.790 e. The minimum atomic E-state index is -5.41. The van der Waals surface area contributed by atoms with E-state index in [2.05, 4.69) is 9.26 Å². The van der Waals surface area contributed by atoms with E-state index in [9.17, 15) is 29.7 Å². The molecule has 23 heavy (non-hydrogen) atoms. The van der Waals surface area contributed by atoms with Crippen molar-refractivity contribution in [2.45, 2.75) is 30.7 Å². The number of aliphatic hydroxyl groups is 4. The van der Waals surface area contributed by atoms with Gasteiger partial charge in [-0.25, -0.2) is 0 Å². The first kappa shape index (κ1) is 45.0. The molecule has 0 unspecified atom stereocenters. The van der Waals surface area contributed by atoms with E-state index in [-0.39, 0.29) is 130 Å². The number of hydrogen-bond donors (Lipinski definition) is 4. The molecule has 0 aromatic heterocycles. The van der Waals surface area contributed by atoms with Crippen LogP contribution in [-0.2, 0) is 13.8 Å². The number of phosphoric ester groups is 1. The van der Waals surface area contributed by atoms with Crippen molar-refractivity contribution in [3.05, 3.63) is 0 Å². The van der Waals surface area contributed by atoms with E-state index in [4.69, 9.17) is 5.11 Å². The first-order valence-electron chi connectivity index (χ1n) is 4.27. The molecule has 1 aliphatic heterocycles. The molecule has 136 valence electrons. The van der Waals surface area contributed by atoms with Crippen LogP contribution in [0.5, 0.6) is 0 Å². The average molecular weight is 426 g/mol. The van der Waals surface area contributed by atoms with Crippen LogP contribution in [0.4, 0.5) is 0 Å². The van der Waals surface area contributed by atoms with Gasteiger partial charge in [-0.3, -0.25) is 0 Å². The number of rotatable bonds is 3. The zero-order valence-electron chi connectivity index (χ0n) is 12.4. The van der Waals surface area contributed by atoms with Crippen molar-refractivity contribution in [2.24, 2.45) is 0 Å². The Morgan fingerprint density at radius 2 is 1.30 bits per heavy atom. The molecule has 0 saturated carbocycles. The monoisotopic (exact) mass is 426 g/mol. The van der Waals surface area contributed by atoms with Crippen molar-refractivity contribution in [2.75, 3.05) is 6.61 Å². The smallest absolute Gasteiger partial charge is 0.790 e. The Bertz CT molecular complexity index is 288. The Balaban J connectivity index is -0.0000000731.